The van der Waals surface area contributed by atoms with E-state index in [1.807, 2.05) is 22.7 Å². The summed E-state index contributed by atoms with van der Waals surface area (Å²) in [6.07, 6.45) is 6.38. The minimum absolute atomic E-state index is 0.422. The number of fused-ring (bicyclic) bond motifs is 1. The first kappa shape index (κ1) is 8.73. The van der Waals surface area contributed by atoms with E-state index in [1.54, 1.807) is 0 Å². The maximum Gasteiger partial charge on any atom is 0.137 e. The molecule has 0 spiro atoms. The van der Waals surface area contributed by atoms with E-state index >= 15 is 0 Å². The molecule has 1 saturated heterocycles. The fourth-order valence-electron chi connectivity index (χ4n) is 2.13. The largest absolute Gasteiger partial charge is 0.398 e. The quantitative estimate of drug-likeness (QED) is 0.733. The zero-order chi connectivity index (χ0) is 10.3. The normalized spacial score (nSPS) is 21.2. The van der Waals surface area contributed by atoms with Gasteiger partial charge in [-0.1, -0.05) is 0 Å². The van der Waals surface area contributed by atoms with E-state index in [-0.39, 0.29) is 0 Å². The summed E-state index contributed by atoms with van der Waals surface area (Å²) in [6, 6.07) is 4.26. The van der Waals surface area contributed by atoms with E-state index in [4.69, 9.17) is 5.73 Å². The molecule has 1 aliphatic rings. The van der Waals surface area contributed by atoms with E-state index in [0.29, 0.717) is 6.04 Å². The predicted molar refractivity (Wildman–Crippen MR) is 59.6 cm³/mol. The zero-order valence-electron chi connectivity index (χ0n) is 8.48. The van der Waals surface area contributed by atoms with Crippen LogP contribution in [-0.4, -0.2) is 15.9 Å². The van der Waals surface area contributed by atoms with Crippen molar-refractivity contribution in [2.24, 2.45) is 0 Å². The lowest BCUT2D eigenvalue weighted by atomic mass is 10.2. The third kappa shape index (κ3) is 1.47. The number of rotatable bonds is 1. The molecular weight excluding hydrogens is 188 g/mol. The van der Waals surface area contributed by atoms with E-state index in [0.717, 1.165) is 23.6 Å². The van der Waals surface area contributed by atoms with Crippen molar-refractivity contribution in [2.45, 2.75) is 18.9 Å². The summed E-state index contributed by atoms with van der Waals surface area (Å²) in [4.78, 5) is 4.58. The minimum Gasteiger partial charge on any atom is -0.398 e. The van der Waals surface area contributed by atoms with Crippen LogP contribution in [0.25, 0.3) is 5.65 Å². The first-order chi connectivity index (χ1) is 7.33. The number of anilines is 1. The van der Waals surface area contributed by atoms with Gasteiger partial charge in [-0.2, -0.15) is 0 Å². The van der Waals surface area contributed by atoms with Gasteiger partial charge in [0, 0.05) is 18.1 Å². The van der Waals surface area contributed by atoms with Gasteiger partial charge in [-0.3, -0.25) is 0 Å². The molecule has 0 amide bonds. The Bertz CT molecular complexity index is 482. The molecule has 0 aliphatic carbocycles. The molecule has 0 radical (unpaired) electrons. The molecule has 2 aromatic heterocycles. The summed E-state index contributed by atoms with van der Waals surface area (Å²) in [7, 11) is 0. The van der Waals surface area contributed by atoms with Gasteiger partial charge in [0.1, 0.15) is 5.65 Å². The number of nitrogens with two attached hydrogens (primary N) is 1. The van der Waals surface area contributed by atoms with Gasteiger partial charge in [0.05, 0.1) is 11.7 Å². The van der Waals surface area contributed by atoms with Crippen molar-refractivity contribution in [3.05, 3.63) is 30.2 Å². The van der Waals surface area contributed by atoms with E-state index in [2.05, 4.69) is 16.5 Å². The number of hydrogen-bond acceptors (Lipinski definition) is 3. The van der Waals surface area contributed by atoms with Crippen LogP contribution in [0, 0.1) is 0 Å². The highest BCUT2D eigenvalue weighted by Crippen LogP contribution is 2.22. The molecule has 15 heavy (non-hydrogen) atoms. The summed E-state index contributed by atoms with van der Waals surface area (Å²) < 4.78 is 1.99. The van der Waals surface area contributed by atoms with Gasteiger partial charge in [0.2, 0.25) is 0 Å². The van der Waals surface area contributed by atoms with Gasteiger partial charge >= 0.3 is 0 Å². The fourth-order valence-corrected chi connectivity index (χ4v) is 2.13. The first-order valence-corrected chi connectivity index (χ1v) is 5.30. The van der Waals surface area contributed by atoms with Crippen LogP contribution in [0.3, 0.4) is 0 Å². The zero-order valence-corrected chi connectivity index (χ0v) is 8.48. The molecule has 3 heterocycles. The van der Waals surface area contributed by atoms with Crippen molar-refractivity contribution in [1.29, 1.82) is 0 Å². The second-order valence-corrected chi connectivity index (χ2v) is 4.04. The predicted octanol–water partition coefficient (Wildman–Crippen LogP) is 1.34. The highest BCUT2D eigenvalue weighted by Gasteiger charge is 2.18. The first-order valence-electron chi connectivity index (χ1n) is 5.30. The van der Waals surface area contributed by atoms with Crippen LogP contribution in [0.2, 0.25) is 0 Å². The number of nitrogens with zero attached hydrogens (tertiary/aromatic N) is 2. The average molecular weight is 202 g/mol. The second kappa shape index (κ2) is 3.24. The Kier molecular flexibility index (Phi) is 1.89. The number of nitrogen functional groups attached to an aromatic ring is 1. The summed E-state index contributed by atoms with van der Waals surface area (Å²) in [6.45, 7) is 1.10. The van der Waals surface area contributed by atoms with Gasteiger partial charge in [-0.25, -0.2) is 4.98 Å². The van der Waals surface area contributed by atoms with Crippen molar-refractivity contribution < 1.29 is 0 Å². The Morgan fingerprint density at radius 3 is 3.13 bits per heavy atom. The lowest BCUT2D eigenvalue weighted by Crippen LogP contribution is -2.12. The maximum atomic E-state index is 5.72. The highest BCUT2D eigenvalue weighted by atomic mass is 15.0. The number of hydrogen-bond donors (Lipinski definition) is 2. The summed E-state index contributed by atoms with van der Waals surface area (Å²) >= 11 is 0. The van der Waals surface area contributed by atoms with E-state index in [1.165, 1.54) is 12.8 Å². The molecule has 3 N–H and O–H groups in total. The number of imidazole rings is 1. The van der Waals surface area contributed by atoms with Crippen LogP contribution in [0.1, 0.15) is 24.6 Å². The van der Waals surface area contributed by atoms with Gasteiger partial charge in [0.25, 0.3) is 0 Å². The molecule has 4 nitrogen and oxygen atoms in total. The molecular formula is C11H14N4. The number of aromatic nitrogens is 2. The smallest absolute Gasteiger partial charge is 0.137 e. The third-order valence-corrected chi connectivity index (χ3v) is 2.91. The molecule has 3 rings (SSSR count). The topological polar surface area (TPSA) is 55.3 Å². The van der Waals surface area contributed by atoms with Crippen molar-refractivity contribution in [3.63, 3.8) is 0 Å². The molecule has 1 unspecified atom stereocenters. The van der Waals surface area contributed by atoms with Crippen LogP contribution >= 0.6 is 0 Å². The molecule has 0 saturated carbocycles. The molecule has 1 atom stereocenters. The van der Waals surface area contributed by atoms with Crippen molar-refractivity contribution >= 4 is 11.3 Å². The SMILES string of the molecule is Nc1ccc2nc(C3CCCN3)cn2c1. The number of nitrogens with one attached hydrogen (secondary N) is 1. The van der Waals surface area contributed by atoms with E-state index in [9.17, 15) is 0 Å². The maximum absolute atomic E-state index is 5.72. The summed E-state index contributed by atoms with van der Waals surface area (Å²) in [5.41, 5.74) is 8.58. The van der Waals surface area contributed by atoms with Crippen molar-refractivity contribution in [2.75, 3.05) is 12.3 Å². The Hall–Kier alpha value is -1.55. The van der Waals surface area contributed by atoms with Gasteiger partial charge in [0.15, 0.2) is 0 Å². The second-order valence-electron chi connectivity index (χ2n) is 4.04. The summed E-state index contributed by atoms with van der Waals surface area (Å²) in [5, 5.41) is 3.44. The molecule has 4 heteroatoms. The molecule has 0 aromatic carbocycles. The monoisotopic (exact) mass is 202 g/mol. The lowest BCUT2D eigenvalue weighted by molar-refractivity contribution is 0.632. The highest BCUT2D eigenvalue weighted by molar-refractivity contribution is 5.48. The van der Waals surface area contributed by atoms with Crippen LogP contribution < -0.4 is 11.1 Å². The average Bonchev–Trinajstić information content (AvgIpc) is 2.84. The molecule has 1 aliphatic heterocycles. The molecule has 78 valence electrons. The van der Waals surface area contributed by atoms with Crippen molar-refractivity contribution in [1.82, 2.24) is 14.7 Å². The Morgan fingerprint density at radius 1 is 1.40 bits per heavy atom. The minimum atomic E-state index is 0.422. The molecule has 1 fully saturated rings. The van der Waals surface area contributed by atoms with Gasteiger partial charge < -0.3 is 15.5 Å². The standard InChI is InChI=1S/C11H14N4/c12-8-3-4-11-14-10(7-15(11)6-8)9-2-1-5-13-9/h3-4,6-7,9,13H,1-2,5,12H2. The van der Waals surface area contributed by atoms with Gasteiger partial charge in [-0.15, -0.1) is 0 Å². The Balaban J connectivity index is 2.05. The van der Waals surface area contributed by atoms with Crippen molar-refractivity contribution in [3.8, 4) is 0 Å². The Morgan fingerprint density at radius 2 is 2.33 bits per heavy atom. The van der Waals surface area contributed by atoms with E-state index < -0.39 is 0 Å². The summed E-state index contributed by atoms with van der Waals surface area (Å²) in [5.74, 6) is 0. The third-order valence-electron chi connectivity index (χ3n) is 2.91. The number of pyridine rings is 1. The Labute approximate surface area is 88.1 Å². The fraction of sp³-hybridized carbons (Fsp3) is 0.364. The van der Waals surface area contributed by atoms with Crippen LogP contribution in [0.15, 0.2) is 24.5 Å². The van der Waals surface area contributed by atoms with Crippen LogP contribution in [-0.2, 0) is 0 Å². The van der Waals surface area contributed by atoms with Gasteiger partial charge in [-0.05, 0) is 31.5 Å². The van der Waals surface area contributed by atoms with Crippen LogP contribution in [0.5, 0.6) is 0 Å². The lowest BCUT2D eigenvalue weighted by Gasteiger charge is -2.04. The molecule has 2 aromatic rings. The molecule has 0 bridgehead atoms. The van der Waals surface area contributed by atoms with Crippen LogP contribution in [0.4, 0.5) is 5.69 Å².